The number of likely N-dealkylation sites (N-methyl/N-ethyl adjacent to an activating group) is 1. The van der Waals surface area contributed by atoms with Gasteiger partial charge < -0.3 is 10.4 Å². The van der Waals surface area contributed by atoms with Crippen molar-refractivity contribution in [1.82, 2.24) is 5.32 Å². The molecule has 1 aromatic rings. The van der Waals surface area contributed by atoms with Crippen LogP contribution in [-0.4, -0.2) is 36.1 Å². The van der Waals surface area contributed by atoms with Crippen molar-refractivity contribution >= 4 is 17.6 Å². The zero-order chi connectivity index (χ0) is 13.3. The van der Waals surface area contributed by atoms with E-state index in [0.717, 1.165) is 5.56 Å². The summed E-state index contributed by atoms with van der Waals surface area (Å²) in [7, 11) is 1.68. The molecule has 5 heteroatoms. The van der Waals surface area contributed by atoms with Gasteiger partial charge in [-0.3, -0.25) is 9.69 Å². The second-order valence-corrected chi connectivity index (χ2v) is 4.41. The fourth-order valence-electron chi connectivity index (χ4n) is 2.19. The molecule has 18 heavy (non-hydrogen) atoms. The van der Waals surface area contributed by atoms with Crippen molar-refractivity contribution in [3.63, 3.8) is 0 Å². The molecule has 2 unspecified atom stereocenters. The number of nitrogens with zero attached hydrogens (tertiary/aromatic N) is 1. The lowest BCUT2D eigenvalue weighted by molar-refractivity contribution is -0.140. The molecule has 0 bridgehead atoms. The normalized spacial score (nSPS) is 19.4. The number of rotatable bonds is 3. The van der Waals surface area contributed by atoms with Gasteiger partial charge in [-0.25, -0.2) is 4.79 Å². The molecule has 0 radical (unpaired) electrons. The molecular formula is C13H16N2O3. The van der Waals surface area contributed by atoms with Crippen LogP contribution in [0.4, 0.5) is 5.69 Å². The van der Waals surface area contributed by atoms with Crippen molar-refractivity contribution in [3.05, 3.63) is 29.8 Å². The van der Waals surface area contributed by atoms with Crippen molar-refractivity contribution in [3.8, 4) is 0 Å². The summed E-state index contributed by atoms with van der Waals surface area (Å²) in [4.78, 5) is 24.9. The van der Waals surface area contributed by atoms with E-state index in [1.54, 1.807) is 20.0 Å². The van der Waals surface area contributed by atoms with E-state index in [2.05, 4.69) is 5.32 Å². The molecule has 0 saturated heterocycles. The summed E-state index contributed by atoms with van der Waals surface area (Å²) in [6, 6.07) is 6.12. The Labute approximate surface area is 105 Å². The van der Waals surface area contributed by atoms with Crippen LogP contribution in [0.25, 0.3) is 0 Å². The number of carbonyl (C=O) groups is 2. The Hall–Kier alpha value is -1.88. The first kappa shape index (κ1) is 12.6. The van der Waals surface area contributed by atoms with Gasteiger partial charge in [-0.05, 0) is 25.6 Å². The molecule has 1 aliphatic heterocycles. The Morgan fingerprint density at radius 3 is 2.72 bits per heavy atom. The van der Waals surface area contributed by atoms with Crippen LogP contribution in [0.5, 0.6) is 0 Å². The molecule has 1 aromatic carbocycles. The first-order valence-electron chi connectivity index (χ1n) is 5.87. The SMILES string of the molecule is CNC(C)C(=O)N1c2ccccc2CC1C(=O)O. The fraction of sp³-hybridized carbons (Fsp3) is 0.385. The third-order valence-electron chi connectivity index (χ3n) is 3.30. The van der Waals surface area contributed by atoms with Gasteiger partial charge in [0, 0.05) is 12.1 Å². The largest absolute Gasteiger partial charge is 0.480 e. The van der Waals surface area contributed by atoms with E-state index in [0.29, 0.717) is 12.1 Å². The molecule has 0 saturated carbocycles. The van der Waals surface area contributed by atoms with Crippen LogP contribution in [0.3, 0.4) is 0 Å². The highest BCUT2D eigenvalue weighted by atomic mass is 16.4. The lowest BCUT2D eigenvalue weighted by Gasteiger charge is -2.25. The molecule has 2 N–H and O–H groups in total. The number of carbonyl (C=O) groups excluding carboxylic acids is 1. The molecule has 96 valence electrons. The minimum Gasteiger partial charge on any atom is -0.480 e. The molecule has 2 atom stereocenters. The van der Waals surface area contributed by atoms with E-state index in [-0.39, 0.29) is 5.91 Å². The number of anilines is 1. The van der Waals surface area contributed by atoms with Crippen LogP contribution in [0.2, 0.25) is 0 Å². The van der Waals surface area contributed by atoms with Gasteiger partial charge in [-0.1, -0.05) is 18.2 Å². The number of hydrogen-bond donors (Lipinski definition) is 2. The van der Waals surface area contributed by atoms with Gasteiger partial charge in [0.25, 0.3) is 0 Å². The van der Waals surface area contributed by atoms with Gasteiger partial charge in [0.15, 0.2) is 0 Å². The molecule has 0 aromatic heterocycles. The van der Waals surface area contributed by atoms with Crippen LogP contribution in [0.1, 0.15) is 12.5 Å². The zero-order valence-corrected chi connectivity index (χ0v) is 10.4. The van der Waals surface area contributed by atoms with Gasteiger partial charge in [-0.2, -0.15) is 0 Å². The summed E-state index contributed by atoms with van der Waals surface area (Å²) < 4.78 is 0. The monoisotopic (exact) mass is 248 g/mol. The maximum atomic E-state index is 12.3. The highest BCUT2D eigenvalue weighted by Gasteiger charge is 2.39. The predicted molar refractivity (Wildman–Crippen MR) is 67.6 cm³/mol. The Kier molecular flexibility index (Phi) is 3.34. The third kappa shape index (κ3) is 1.97. The summed E-state index contributed by atoms with van der Waals surface area (Å²) in [6.07, 6.45) is 0.369. The maximum Gasteiger partial charge on any atom is 0.327 e. The summed E-state index contributed by atoms with van der Waals surface area (Å²) in [5.41, 5.74) is 1.61. The number of amides is 1. The molecule has 0 aliphatic carbocycles. The third-order valence-corrected chi connectivity index (χ3v) is 3.30. The standard InChI is InChI=1S/C13H16N2O3/c1-8(14-2)12(16)15-10-6-4-3-5-9(10)7-11(15)13(17)18/h3-6,8,11,14H,7H2,1-2H3,(H,17,18). The smallest absolute Gasteiger partial charge is 0.327 e. The Morgan fingerprint density at radius 2 is 2.11 bits per heavy atom. The Bertz CT molecular complexity index is 487. The van der Waals surface area contributed by atoms with Crippen LogP contribution in [0.15, 0.2) is 24.3 Å². The quantitative estimate of drug-likeness (QED) is 0.823. The molecular weight excluding hydrogens is 232 g/mol. The van der Waals surface area contributed by atoms with Gasteiger partial charge in [0.2, 0.25) is 5.91 Å². The second kappa shape index (κ2) is 4.78. The van der Waals surface area contributed by atoms with E-state index < -0.39 is 18.1 Å². The summed E-state index contributed by atoms with van der Waals surface area (Å²) in [5.74, 6) is -1.18. The number of hydrogen-bond acceptors (Lipinski definition) is 3. The van der Waals surface area contributed by atoms with E-state index in [9.17, 15) is 14.7 Å². The van der Waals surface area contributed by atoms with Crippen molar-refractivity contribution in [1.29, 1.82) is 0 Å². The number of fused-ring (bicyclic) bond motifs is 1. The topological polar surface area (TPSA) is 69.6 Å². The van der Waals surface area contributed by atoms with Crippen LogP contribution < -0.4 is 10.2 Å². The molecule has 1 aliphatic rings. The Balaban J connectivity index is 2.40. The molecule has 5 nitrogen and oxygen atoms in total. The number of nitrogens with one attached hydrogen (secondary N) is 1. The number of benzene rings is 1. The minimum absolute atomic E-state index is 0.213. The zero-order valence-electron chi connectivity index (χ0n) is 10.4. The molecule has 0 fully saturated rings. The Morgan fingerprint density at radius 1 is 1.44 bits per heavy atom. The van der Waals surface area contributed by atoms with Crippen LogP contribution in [0, 0.1) is 0 Å². The second-order valence-electron chi connectivity index (χ2n) is 4.41. The highest BCUT2D eigenvalue weighted by Crippen LogP contribution is 2.32. The lowest BCUT2D eigenvalue weighted by Crippen LogP contribution is -2.49. The lowest BCUT2D eigenvalue weighted by atomic mass is 10.1. The van der Waals surface area contributed by atoms with Crippen molar-refractivity contribution < 1.29 is 14.7 Å². The number of para-hydroxylation sites is 1. The molecule has 1 heterocycles. The van der Waals surface area contributed by atoms with E-state index >= 15 is 0 Å². The number of carboxylic acid groups (broad SMARTS) is 1. The average Bonchev–Trinajstić information content (AvgIpc) is 2.76. The van der Waals surface area contributed by atoms with Crippen LogP contribution in [-0.2, 0) is 16.0 Å². The predicted octanol–water partition coefficient (Wildman–Crippen LogP) is 0.637. The van der Waals surface area contributed by atoms with Crippen molar-refractivity contribution in [2.24, 2.45) is 0 Å². The fourth-order valence-corrected chi connectivity index (χ4v) is 2.19. The summed E-state index contributed by atoms with van der Waals surface area (Å²) >= 11 is 0. The van der Waals surface area contributed by atoms with Gasteiger partial charge in [0.05, 0.1) is 6.04 Å². The van der Waals surface area contributed by atoms with Gasteiger partial charge in [-0.15, -0.1) is 0 Å². The molecule has 2 rings (SSSR count). The van der Waals surface area contributed by atoms with Gasteiger partial charge >= 0.3 is 5.97 Å². The van der Waals surface area contributed by atoms with E-state index in [4.69, 9.17) is 0 Å². The van der Waals surface area contributed by atoms with Gasteiger partial charge in [0.1, 0.15) is 6.04 Å². The maximum absolute atomic E-state index is 12.3. The molecule has 0 spiro atoms. The molecule has 1 amide bonds. The van der Waals surface area contributed by atoms with Crippen molar-refractivity contribution in [2.45, 2.75) is 25.4 Å². The first-order chi connectivity index (χ1) is 8.56. The summed E-state index contributed by atoms with van der Waals surface area (Å²) in [6.45, 7) is 1.72. The highest BCUT2D eigenvalue weighted by molar-refractivity contribution is 6.04. The van der Waals surface area contributed by atoms with Crippen molar-refractivity contribution in [2.75, 3.05) is 11.9 Å². The van der Waals surface area contributed by atoms with Crippen LogP contribution >= 0.6 is 0 Å². The van der Waals surface area contributed by atoms with E-state index in [1.165, 1.54) is 4.90 Å². The van der Waals surface area contributed by atoms with E-state index in [1.807, 2.05) is 18.2 Å². The number of aliphatic carboxylic acids is 1. The number of carboxylic acids is 1. The minimum atomic E-state index is -0.970. The summed E-state index contributed by atoms with van der Waals surface area (Å²) in [5, 5.41) is 12.1. The average molecular weight is 248 g/mol. The first-order valence-corrected chi connectivity index (χ1v) is 5.87.